The highest BCUT2D eigenvalue weighted by molar-refractivity contribution is 5.49. The summed E-state index contributed by atoms with van der Waals surface area (Å²) >= 11 is 0. The first kappa shape index (κ1) is 13.4. The molecule has 2 nitrogen and oxygen atoms in total. The van der Waals surface area contributed by atoms with Crippen molar-refractivity contribution < 1.29 is 9.13 Å². The number of hydrogen-bond acceptors (Lipinski definition) is 2. The van der Waals surface area contributed by atoms with Crippen LogP contribution in [0.1, 0.15) is 20.8 Å². The number of halogens is 1. The van der Waals surface area contributed by atoms with Crippen molar-refractivity contribution in [3.8, 4) is 11.5 Å². The fourth-order valence-electron chi connectivity index (χ4n) is 1.71. The molecular weight excluding hydrogens is 241 g/mol. The number of rotatable bonds is 3. The summed E-state index contributed by atoms with van der Waals surface area (Å²) in [5.41, 5.74) is 0.638. The molecule has 0 atom stereocenters. The normalized spacial score (nSPS) is 11.2. The van der Waals surface area contributed by atoms with Crippen LogP contribution >= 0.6 is 0 Å². The van der Waals surface area contributed by atoms with E-state index < -0.39 is 0 Å². The maximum Gasteiger partial charge on any atom is 0.167 e. The Bertz CT molecular complexity index is 546. The summed E-state index contributed by atoms with van der Waals surface area (Å²) in [4.78, 5) is 0. The van der Waals surface area contributed by atoms with Crippen molar-refractivity contribution in [3.63, 3.8) is 0 Å². The minimum Gasteiger partial charge on any atom is -0.454 e. The second kappa shape index (κ2) is 5.31. The summed E-state index contributed by atoms with van der Waals surface area (Å²) in [6, 6.07) is 14.1. The first-order valence-electron chi connectivity index (χ1n) is 6.25. The summed E-state index contributed by atoms with van der Waals surface area (Å²) in [5, 5.41) is 3.22. The fourth-order valence-corrected chi connectivity index (χ4v) is 1.71. The van der Waals surface area contributed by atoms with Crippen LogP contribution in [0.25, 0.3) is 0 Å². The van der Waals surface area contributed by atoms with Gasteiger partial charge in [0.1, 0.15) is 5.75 Å². The molecular formula is C16H18FNO. The van der Waals surface area contributed by atoms with Gasteiger partial charge in [-0.25, -0.2) is 4.39 Å². The van der Waals surface area contributed by atoms with Gasteiger partial charge in [-0.05, 0) is 45.0 Å². The van der Waals surface area contributed by atoms with Gasteiger partial charge in [0.05, 0.1) is 0 Å². The molecule has 0 radical (unpaired) electrons. The number of benzene rings is 2. The second-order valence-electron chi connectivity index (χ2n) is 5.44. The molecule has 0 fully saturated rings. The highest BCUT2D eigenvalue weighted by Crippen LogP contribution is 2.27. The zero-order valence-corrected chi connectivity index (χ0v) is 11.4. The Morgan fingerprint density at radius 2 is 1.68 bits per heavy atom. The lowest BCUT2D eigenvalue weighted by Gasteiger charge is -2.22. The van der Waals surface area contributed by atoms with Crippen LogP contribution in [-0.2, 0) is 0 Å². The van der Waals surface area contributed by atoms with E-state index in [9.17, 15) is 4.39 Å². The van der Waals surface area contributed by atoms with Crippen molar-refractivity contribution in [1.82, 2.24) is 0 Å². The van der Waals surface area contributed by atoms with E-state index in [1.807, 2.05) is 45.0 Å². The molecule has 0 amide bonds. The lowest BCUT2D eigenvalue weighted by molar-refractivity contribution is 0.442. The Morgan fingerprint density at radius 3 is 2.26 bits per heavy atom. The van der Waals surface area contributed by atoms with Crippen molar-refractivity contribution in [2.45, 2.75) is 26.3 Å². The molecule has 0 aliphatic carbocycles. The van der Waals surface area contributed by atoms with E-state index in [4.69, 9.17) is 4.74 Å². The van der Waals surface area contributed by atoms with Crippen molar-refractivity contribution in [2.24, 2.45) is 0 Å². The third-order valence-electron chi connectivity index (χ3n) is 2.42. The monoisotopic (exact) mass is 259 g/mol. The van der Waals surface area contributed by atoms with Crippen LogP contribution in [-0.4, -0.2) is 5.54 Å². The molecule has 2 aromatic carbocycles. The van der Waals surface area contributed by atoms with E-state index in [1.165, 1.54) is 6.07 Å². The van der Waals surface area contributed by atoms with Crippen LogP contribution in [0.2, 0.25) is 0 Å². The van der Waals surface area contributed by atoms with Gasteiger partial charge in [0.25, 0.3) is 0 Å². The highest BCUT2D eigenvalue weighted by atomic mass is 19.1. The summed E-state index contributed by atoms with van der Waals surface area (Å²) in [6.45, 7) is 6.08. The van der Waals surface area contributed by atoms with Crippen LogP contribution in [0, 0.1) is 5.82 Å². The Morgan fingerprint density at radius 1 is 1.00 bits per heavy atom. The number of nitrogens with one attached hydrogen (secondary N) is 1. The third kappa shape index (κ3) is 3.98. The zero-order valence-electron chi connectivity index (χ0n) is 11.4. The van der Waals surface area contributed by atoms with Crippen LogP contribution in [0.3, 0.4) is 0 Å². The van der Waals surface area contributed by atoms with Crippen LogP contribution < -0.4 is 10.1 Å². The van der Waals surface area contributed by atoms with E-state index in [1.54, 1.807) is 18.2 Å². The molecule has 0 heterocycles. The maximum absolute atomic E-state index is 13.9. The van der Waals surface area contributed by atoms with Gasteiger partial charge >= 0.3 is 0 Å². The maximum atomic E-state index is 13.9. The molecule has 3 heteroatoms. The Labute approximate surface area is 113 Å². The summed E-state index contributed by atoms with van der Waals surface area (Å²) in [6.07, 6.45) is 0. The lowest BCUT2D eigenvalue weighted by atomic mass is 10.1. The number of hydrogen-bond donors (Lipinski definition) is 1. The van der Waals surface area contributed by atoms with E-state index in [0.717, 1.165) is 5.69 Å². The Hall–Kier alpha value is -2.03. The van der Waals surface area contributed by atoms with E-state index in [0.29, 0.717) is 5.75 Å². The molecule has 19 heavy (non-hydrogen) atoms. The van der Waals surface area contributed by atoms with Gasteiger partial charge in [0.15, 0.2) is 11.6 Å². The Balaban J connectivity index is 2.16. The quantitative estimate of drug-likeness (QED) is 0.852. The number of ether oxygens (including phenoxy) is 1. The van der Waals surface area contributed by atoms with E-state index in [-0.39, 0.29) is 17.1 Å². The molecule has 0 bridgehead atoms. The molecule has 0 spiro atoms. The summed E-state index contributed by atoms with van der Waals surface area (Å²) in [5.74, 6) is 0.474. The van der Waals surface area contributed by atoms with Crippen LogP contribution in [0.5, 0.6) is 11.5 Å². The molecule has 0 saturated heterocycles. The van der Waals surface area contributed by atoms with Gasteiger partial charge in [-0.3, -0.25) is 0 Å². The lowest BCUT2D eigenvalue weighted by Crippen LogP contribution is -2.26. The second-order valence-corrected chi connectivity index (χ2v) is 5.44. The molecule has 0 aliphatic rings. The molecule has 0 aliphatic heterocycles. The SMILES string of the molecule is CC(C)(C)Nc1ccc(Oc2ccccc2)c(F)c1. The third-order valence-corrected chi connectivity index (χ3v) is 2.42. The van der Waals surface area contributed by atoms with Gasteiger partial charge in [0, 0.05) is 17.3 Å². The zero-order chi connectivity index (χ0) is 13.9. The van der Waals surface area contributed by atoms with Crippen molar-refractivity contribution in [2.75, 3.05) is 5.32 Å². The molecule has 2 rings (SSSR count). The smallest absolute Gasteiger partial charge is 0.167 e. The van der Waals surface area contributed by atoms with Crippen LogP contribution in [0.4, 0.5) is 10.1 Å². The van der Waals surface area contributed by atoms with Gasteiger partial charge in [0.2, 0.25) is 0 Å². The minimum atomic E-state index is -0.377. The van der Waals surface area contributed by atoms with Gasteiger partial charge in [-0.15, -0.1) is 0 Å². The predicted molar refractivity (Wildman–Crippen MR) is 76.3 cm³/mol. The van der Waals surface area contributed by atoms with Gasteiger partial charge in [-0.2, -0.15) is 0 Å². The van der Waals surface area contributed by atoms with Crippen LogP contribution in [0.15, 0.2) is 48.5 Å². The number of anilines is 1. The molecule has 0 unspecified atom stereocenters. The van der Waals surface area contributed by atoms with Gasteiger partial charge < -0.3 is 10.1 Å². The van der Waals surface area contributed by atoms with E-state index >= 15 is 0 Å². The fraction of sp³-hybridized carbons (Fsp3) is 0.250. The highest BCUT2D eigenvalue weighted by Gasteiger charge is 2.11. The first-order chi connectivity index (χ1) is 8.94. The molecule has 100 valence electrons. The van der Waals surface area contributed by atoms with E-state index in [2.05, 4.69) is 5.32 Å². The average Bonchev–Trinajstić information content (AvgIpc) is 2.32. The van der Waals surface area contributed by atoms with Crippen molar-refractivity contribution in [3.05, 3.63) is 54.3 Å². The van der Waals surface area contributed by atoms with Crippen molar-refractivity contribution in [1.29, 1.82) is 0 Å². The average molecular weight is 259 g/mol. The van der Waals surface area contributed by atoms with Gasteiger partial charge in [-0.1, -0.05) is 18.2 Å². The summed E-state index contributed by atoms with van der Waals surface area (Å²) < 4.78 is 19.4. The Kier molecular flexibility index (Phi) is 3.74. The molecule has 1 N–H and O–H groups in total. The summed E-state index contributed by atoms with van der Waals surface area (Å²) in [7, 11) is 0. The molecule has 2 aromatic rings. The largest absolute Gasteiger partial charge is 0.454 e. The number of para-hydroxylation sites is 1. The van der Waals surface area contributed by atoms with Crippen molar-refractivity contribution >= 4 is 5.69 Å². The topological polar surface area (TPSA) is 21.3 Å². The predicted octanol–water partition coefficient (Wildman–Crippen LogP) is 4.83. The minimum absolute atomic E-state index is 0.103. The standard InChI is InChI=1S/C16H18FNO/c1-16(2,3)18-12-9-10-15(14(17)11-12)19-13-7-5-4-6-8-13/h4-11,18H,1-3H3. The molecule has 0 aromatic heterocycles. The first-order valence-corrected chi connectivity index (χ1v) is 6.25. The molecule has 0 saturated carbocycles.